The van der Waals surface area contributed by atoms with E-state index < -0.39 is 12.2 Å². The van der Waals surface area contributed by atoms with Gasteiger partial charge in [-0.2, -0.15) is 5.26 Å². The van der Waals surface area contributed by atoms with Gasteiger partial charge in [0.05, 0.1) is 19.2 Å². The zero-order valence-electron chi connectivity index (χ0n) is 12.6. The Balaban J connectivity index is 1.83. The molecule has 21 heavy (non-hydrogen) atoms. The second-order valence-corrected chi connectivity index (χ2v) is 6.93. The molecular formula is C14H23FN4OS. The normalized spacial score (nSPS) is 29.3. The fourth-order valence-corrected chi connectivity index (χ4v) is 3.46. The summed E-state index contributed by atoms with van der Waals surface area (Å²) in [5.74, 6) is -0.171. The highest BCUT2D eigenvalue weighted by molar-refractivity contribution is 7.96. The number of halogens is 1. The molecule has 2 fully saturated rings. The molecule has 2 atom stereocenters. The maximum Gasteiger partial charge on any atom is 0.237 e. The number of hydrogen-bond donors (Lipinski definition) is 1. The standard InChI is InChI=1S/C14H23FN4OS/c1-14(3-5-18(21-2)6-4-14)17-9-13(20)19-10-11(15)7-12(19)8-16/h11-12,17H,3-7,9-10H2,1-2H3. The predicted molar refractivity (Wildman–Crippen MR) is 81.4 cm³/mol. The highest BCUT2D eigenvalue weighted by Gasteiger charge is 2.36. The van der Waals surface area contributed by atoms with E-state index in [2.05, 4.69) is 22.8 Å². The number of carbonyl (C=O) groups is 1. The van der Waals surface area contributed by atoms with Crippen LogP contribution in [0.1, 0.15) is 26.2 Å². The fraction of sp³-hybridized carbons (Fsp3) is 0.857. The van der Waals surface area contributed by atoms with Crippen molar-refractivity contribution < 1.29 is 9.18 Å². The summed E-state index contributed by atoms with van der Waals surface area (Å²) < 4.78 is 15.7. The van der Waals surface area contributed by atoms with Crippen LogP contribution in [0.25, 0.3) is 0 Å². The first kappa shape index (κ1) is 16.5. The molecule has 0 aromatic rings. The topological polar surface area (TPSA) is 59.4 Å². The van der Waals surface area contributed by atoms with Gasteiger partial charge >= 0.3 is 0 Å². The summed E-state index contributed by atoms with van der Waals surface area (Å²) in [7, 11) is 0. The Morgan fingerprint density at radius 1 is 1.52 bits per heavy atom. The van der Waals surface area contributed by atoms with Crippen LogP contribution in [0.5, 0.6) is 0 Å². The Morgan fingerprint density at radius 2 is 2.19 bits per heavy atom. The van der Waals surface area contributed by atoms with Gasteiger partial charge in [-0.25, -0.2) is 4.39 Å². The van der Waals surface area contributed by atoms with Gasteiger partial charge in [0, 0.05) is 25.0 Å². The average molecular weight is 314 g/mol. The third kappa shape index (κ3) is 4.09. The molecule has 0 aliphatic carbocycles. The van der Waals surface area contributed by atoms with Crippen LogP contribution in [0.2, 0.25) is 0 Å². The van der Waals surface area contributed by atoms with Crippen LogP contribution >= 0.6 is 11.9 Å². The number of nitrogens with zero attached hydrogens (tertiary/aromatic N) is 3. The van der Waals surface area contributed by atoms with Crippen LogP contribution < -0.4 is 5.32 Å². The molecule has 0 aromatic carbocycles. The summed E-state index contributed by atoms with van der Waals surface area (Å²) in [5, 5.41) is 12.3. The van der Waals surface area contributed by atoms with Crippen molar-refractivity contribution in [3.63, 3.8) is 0 Å². The van der Waals surface area contributed by atoms with Crippen LogP contribution in [-0.2, 0) is 4.79 Å². The Morgan fingerprint density at radius 3 is 2.76 bits per heavy atom. The van der Waals surface area contributed by atoms with E-state index in [0.29, 0.717) is 0 Å². The van der Waals surface area contributed by atoms with Crippen molar-refractivity contribution in [1.82, 2.24) is 14.5 Å². The Labute approximate surface area is 130 Å². The lowest BCUT2D eigenvalue weighted by Gasteiger charge is -2.39. The van der Waals surface area contributed by atoms with Gasteiger partial charge in [0.1, 0.15) is 12.2 Å². The van der Waals surface area contributed by atoms with Gasteiger partial charge in [-0.3, -0.25) is 9.10 Å². The van der Waals surface area contributed by atoms with Crippen LogP contribution in [0.3, 0.4) is 0 Å². The van der Waals surface area contributed by atoms with Gasteiger partial charge in [-0.05, 0) is 26.0 Å². The second kappa shape index (κ2) is 6.95. The molecule has 0 spiro atoms. The van der Waals surface area contributed by atoms with Gasteiger partial charge in [-0.15, -0.1) is 0 Å². The molecule has 2 rings (SSSR count). The number of carbonyl (C=O) groups excluding carboxylic acids is 1. The Kier molecular flexibility index (Phi) is 5.47. The van der Waals surface area contributed by atoms with Crippen molar-refractivity contribution in [2.24, 2.45) is 0 Å². The van der Waals surface area contributed by atoms with Crippen molar-refractivity contribution in [1.29, 1.82) is 5.26 Å². The summed E-state index contributed by atoms with van der Waals surface area (Å²) >= 11 is 1.75. The molecule has 0 bridgehead atoms. The number of piperidine rings is 1. The minimum absolute atomic E-state index is 0.0513. The molecule has 0 radical (unpaired) electrons. The molecule has 5 nitrogen and oxygen atoms in total. The first-order chi connectivity index (χ1) is 9.97. The number of alkyl halides is 1. The van der Waals surface area contributed by atoms with E-state index in [1.807, 2.05) is 6.07 Å². The third-order valence-electron chi connectivity index (χ3n) is 4.47. The van der Waals surface area contributed by atoms with Crippen LogP contribution in [0.4, 0.5) is 4.39 Å². The lowest BCUT2D eigenvalue weighted by molar-refractivity contribution is -0.130. The van der Waals surface area contributed by atoms with E-state index in [1.54, 1.807) is 11.9 Å². The molecule has 2 unspecified atom stereocenters. The van der Waals surface area contributed by atoms with E-state index in [4.69, 9.17) is 5.26 Å². The second-order valence-electron chi connectivity index (χ2n) is 6.05. The molecule has 1 amide bonds. The van der Waals surface area contributed by atoms with Crippen molar-refractivity contribution in [3.8, 4) is 6.07 Å². The quantitative estimate of drug-likeness (QED) is 0.790. The van der Waals surface area contributed by atoms with E-state index in [1.165, 1.54) is 4.90 Å². The number of hydrogen-bond acceptors (Lipinski definition) is 5. The van der Waals surface area contributed by atoms with Crippen molar-refractivity contribution in [2.45, 2.75) is 43.9 Å². The molecule has 2 aliphatic heterocycles. The number of likely N-dealkylation sites (tertiary alicyclic amines) is 1. The van der Waals surface area contributed by atoms with Crippen LogP contribution in [0, 0.1) is 11.3 Å². The lowest BCUT2D eigenvalue weighted by Crippen LogP contribution is -2.53. The first-order valence-corrected chi connectivity index (χ1v) is 8.53. The summed E-state index contributed by atoms with van der Waals surface area (Å²) in [6.45, 7) is 4.35. The average Bonchev–Trinajstić information content (AvgIpc) is 2.87. The van der Waals surface area contributed by atoms with Gasteiger partial charge < -0.3 is 10.2 Å². The van der Waals surface area contributed by atoms with E-state index in [0.717, 1.165) is 25.9 Å². The summed E-state index contributed by atoms with van der Waals surface area (Å²) in [4.78, 5) is 13.6. The van der Waals surface area contributed by atoms with Gasteiger partial charge in [0.15, 0.2) is 0 Å². The number of nitrogens with one attached hydrogen (secondary N) is 1. The van der Waals surface area contributed by atoms with E-state index >= 15 is 0 Å². The Hall–Kier alpha value is -0.840. The van der Waals surface area contributed by atoms with Crippen LogP contribution in [-0.4, -0.2) is 65.3 Å². The highest BCUT2D eigenvalue weighted by Crippen LogP contribution is 2.25. The lowest BCUT2D eigenvalue weighted by atomic mass is 9.90. The zero-order valence-corrected chi connectivity index (χ0v) is 13.5. The maximum absolute atomic E-state index is 13.4. The molecule has 1 N–H and O–H groups in total. The number of nitriles is 1. The summed E-state index contributed by atoms with van der Waals surface area (Å²) in [6.07, 6.45) is 3.10. The van der Waals surface area contributed by atoms with Crippen LogP contribution in [0.15, 0.2) is 0 Å². The molecule has 2 heterocycles. The minimum atomic E-state index is -1.07. The molecule has 2 aliphatic rings. The summed E-state index contributed by atoms with van der Waals surface area (Å²) in [6, 6.07) is 1.40. The molecule has 2 saturated heterocycles. The van der Waals surface area contributed by atoms with Gasteiger partial charge in [-0.1, -0.05) is 11.9 Å². The first-order valence-electron chi connectivity index (χ1n) is 7.34. The van der Waals surface area contributed by atoms with Gasteiger partial charge in [0.2, 0.25) is 5.91 Å². The summed E-state index contributed by atoms with van der Waals surface area (Å²) in [5.41, 5.74) is -0.0567. The van der Waals surface area contributed by atoms with Crippen molar-refractivity contribution in [3.05, 3.63) is 0 Å². The zero-order chi connectivity index (χ0) is 15.5. The highest BCUT2D eigenvalue weighted by atomic mass is 32.2. The predicted octanol–water partition coefficient (Wildman–Crippen LogP) is 1.17. The minimum Gasteiger partial charge on any atom is -0.323 e. The number of amides is 1. The smallest absolute Gasteiger partial charge is 0.237 e. The SMILES string of the molecule is CSN1CCC(C)(NCC(=O)N2CC(F)CC2C#N)CC1. The van der Waals surface area contributed by atoms with E-state index in [-0.39, 0.29) is 31.0 Å². The molecule has 7 heteroatoms. The van der Waals surface area contributed by atoms with Gasteiger partial charge in [0.25, 0.3) is 0 Å². The Bertz CT molecular complexity index is 420. The van der Waals surface area contributed by atoms with Crippen molar-refractivity contribution in [2.75, 3.05) is 32.4 Å². The molecule has 118 valence electrons. The largest absolute Gasteiger partial charge is 0.323 e. The molecule has 0 aromatic heterocycles. The maximum atomic E-state index is 13.4. The molecule has 0 saturated carbocycles. The third-order valence-corrected chi connectivity index (χ3v) is 5.35. The fourth-order valence-electron chi connectivity index (χ4n) is 2.91. The number of rotatable bonds is 4. The van der Waals surface area contributed by atoms with E-state index in [9.17, 15) is 9.18 Å². The van der Waals surface area contributed by atoms with Crippen molar-refractivity contribution >= 4 is 17.9 Å². The molecular weight excluding hydrogens is 291 g/mol. The monoisotopic (exact) mass is 314 g/mol.